The van der Waals surface area contributed by atoms with E-state index >= 15 is 0 Å². The van der Waals surface area contributed by atoms with Gasteiger partial charge in [-0.05, 0) is 36.6 Å². The molecule has 1 fully saturated rings. The number of benzene rings is 1. The molecular formula is C21H12ClF2N5. The number of hydrogen-bond acceptors (Lipinski definition) is 5. The van der Waals surface area contributed by atoms with Crippen LogP contribution in [0.2, 0.25) is 5.02 Å². The summed E-state index contributed by atoms with van der Waals surface area (Å²) in [6, 6.07) is 7.26. The van der Waals surface area contributed by atoms with E-state index in [1.165, 1.54) is 24.4 Å². The van der Waals surface area contributed by atoms with E-state index in [1.807, 2.05) is 6.07 Å². The molecule has 0 unspecified atom stereocenters. The normalized spacial score (nSPS) is 21.9. The number of fused-ring (bicyclic) bond motifs is 5. The van der Waals surface area contributed by atoms with Crippen LogP contribution in [0.5, 0.6) is 0 Å². The van der Waals surface area contributed by atoms with Crippen LogP contribution >= 0.6 is 11.6 Å². The average molecular weight is 408 g/mol. The first-order chi connectivity index (χ1) is 14.0. The molecule has 2 atom stereocenters. The molecule has 3 aromatic rings. The second-order valence-electron chi connectivity index (χ2n) is 7.15. The van der Waals surface area contributed by atoms with Gasteiger partial charge in [-0.3, -0.25) is 0 Å². The number of rotatable bonds is 2. The molecule has 1 saturated carbocycles. The Hall–Kier alpha value is -3.24. The first-order valence-electron chi connectivity index (χ1n) is 8.92. The minimum absolute atomic E-state index is 0.00137. The Morgan fingerprint density at radius 2 is 1.97 bits per heavy atom. The largest absolute Gasteiger partial charge is 0.232 e. The Morgan fingerprint density at radius 1 is 1.21 bits per heavy atom. The van der Waals surface area contributed by atoms with Crippen molar-refractivity contribution >= 4 is 11.6 Å². The molecule has 29 heavy (non-hydrogen) atoms. The Labute approximate surface area is 169 Å². The van der Waals surface area contributed by atoms with Gasteiger partial charge in [-0.1, -0.05) is 29.8 Å². The summed E-state index contributed by atoms with van der Waals surface area (Å²) in [5, 5.41) is 18.0. The fourth-order valence-corrected chi connectivity index (χ4v) is 4.83. The number of nitrogens with zero attached hydrogens (tertiary/aromatic N) is 5. The summed E-state index contributed by atoms with van der Waals surface area (Å²) in [7, 11) is 0. The highest BCUT2D eigenvalue weighted by atomic mass is 35.5. The highest BCUT2D eigenvalue weighted by Gasteiger charge is 2.57. The zero-order valence-electron chi connectivity index (χ0n) is 15.0. The van der Waals surface area contributed by atoms with Crippen molar-refractivity contribution < 1.29 is 8.78 Å². The van der Waals surface area contributed by atoms with Gasteiger partial charge in [0.2, 0.25) is 5.82 Å². The molecule has 0 spiro atoms. The third-order valence-corrected chi connectivity index (χ3v) is 6.12. The number of halogens is 3. The van der Waals surface area contributed by atoms with Gasteiger partial charge in [-0.15, -0.1) is 5.10 Å². The maximum atomic E-state index is 14.2. The minimum atomic E-state index is -0.787. The summed E-state index contributed by atoms with van der Waals surface area (Å²) in [4.78, 5) is 8.26. The Morgan fingerprint density at radius 3 is 2.69 bits per heavy atom. The van der Waals surface area contributed by atoms with Crippen LogP contribution in [0.3, 0.4) is 0 Å². The number of hydrogen-bond donors (Lipinski definition) is 0. The van der Waals surface area contributed by atoms with E-state index in [9.17, 15) is 14.0 Å². The Kier molecular flexibility index (Phi) is 3.77. The van der Waals surface area contributed by atoms with E-state index in [4.69, 9.17) is 11.6 Å². The molecule has 0 radical (unpaired) electrons. The first kappa shape index (κ1) is 17.8. The Balaban J connectivity index is 1.73. The summed E-state index contributed by atoms with van der Waals surface area (Å²) in [5.74, 6) is -1.45. The van der Waals surface area contributed by atoms with Gasteiger partial charge in [0, 0.05) is 5.92 Å². The van der Waals surface area contributed by atoms with Gasteiger partial charge in [-0.25, -0.2) is 18.7 Å². The predicted molar refractivity (Wildman–Crippen MR) is 101 cm³/mol. The van der Waals surface area contributed by atoms with E-state index in [-0.39, 0.29) is 23.0 Å². The summed E-state index contributed by atoms with van der Waals surface area (Å²) >= 11 is 6.40. The minimum Gasteiger partial charge on any atom is -0.226 e. The number of nitriles is 1. The molecule has 0 N–H and O–H groups in total. The van der Waals surface area contributed by atoms with Crippen LogP contribution in [0.15, 0.2) is 42.6 Å². The summed E-state index contributed by atoms with van der Waals surface area (Å²) in [6.45, 7) is 4.26. The fourth-order valence-electron chi connectivity index (χ4n) is 4.58. The van der Waals surface area contributed by atoms with E-state index in [0.29, 0.717) is 22.8 Å². The average Bonchev–Trinajstić information content (AvgIpc) is 3.17. The maximum Gasteiger partial charge on any atom is 0.232 e. The lowest BCUT2D eigenvalue weighted by Gasteiger charge is -2.28. The summed E-state index contributed by atoms with van der Waals surface area (Å²) in [5.41, 5.74) is 1.86. The van der Waals surface area contributed by atoms with E-state index in [1.54, 1.807) is 6.07 Å². The van der Waals surface area contributed by atoms with Crippen molar-refractivity contribution in [1.29, 1.82) is 5.26 Å². The molecule has 2 aromatic heterocycles. The molecule has 5 rings (SSSR count). The molecule has 2 bridgehead atoms. The van der Waals surface area contributed by atoms with Crippen LogP contribution in [0.25, 0.3) is 11.3 Å². The molecule has 2 aliphatic carbocycles. The molecule has 1 aromatic carbocycles. The fraction of sp³-hybridized carbons (Fsp3) is 0.190. The van der Waals surface area contributed by atoms with Crippen LogP contribution in [0, 0.1) is 23.0 Å². The van der Waals surface area contributed by atoms with E-state index < -0.39 is 17.0 Å². The van der Waals surface area contributed by atoms with Crippen molar-refractivity contribution in [3.8, 4) is 17.3 Å². The van der Waals surface area contributed by atoms with Crippen LogP contribution in [0.1, 0.15) is 41.5 Å². The van der Waals surface area contributed by atoms with Crippen molar-refractivity contribution in [2.75, 3.05) is 0 Å². The lowest BCUT2D eigenvalue weighted by atomic mass is 9.78. The zero-order chi connectivity index (χ0) is 20.3. The van der Waals surface area contributed by atoms with Crippen LogP contribution in [0.4, 0.5) is 8.78 Å². The lowest BCUT2D eigenvalue weighted by molar-refractivity contribution is 0.553. The van der Waals surface area contributed by atoms with Crippen LogP contribution < -0.4 is 0 Å². The van der Waals surface area contributed by atoms with Crippen molar-refractivity contribution in [2.24, 2.45) is 0 Å². The second-order valence-corrected chi connectivity index (χ2v) is 7.56. The number of aromatic nitrogens is 4. The highest BCUT2D eigenvalue weighted by Crippen LogP contribution is 2.62. The standard InChI is InChI=1S/C21H12ClF2N5/c1-10-11-5-6-21(10,20-13(22)9-26-17(8-25)27-20)19-12(11)7-16(28-29-19)18-14(23)3-2-4-15(18)24/h2-4,7,9,11H,1,5-6H2/t11-,21-/m0/s1. The van der Waals surface area contributed by atoms with Gasteiger partial charge in [0.1, 0.15) is 17.7 Å². The van der Waals surface area contributed by atoms with Crippen molar-refractivity contribution in [3.63, 3.8) is 0 Å². The topological polar surface area (TPSA) is 75.3 Å². The third-order valence-electron chi connectivity index (χ3n) is 5.85. The van der Waals surface area contributed by atoms with Gasteiger partial charge >= 0.3 is 0 Å². The zero-order valence-corrected chi connectivity index (χ0v) is 15.7. The highest BCUT2D eigenvalue weighted by molar-refractivity contribution is 6.31. The summed E-state index contributed by atoms with van der Waals surface area (Å²) < 4.78 is 28.5. The van der Waals surface area contributed by atoms with Gasteiger partial charge in [0.15, 0.2) is 0 Å². The van der Waals surface area contributed by atoms with Gasteiger partial charge in [0.05, 0.1) is 39.3 Å². The van der Waals surface area contributed by atoms with Crippen molar-refractivity contribution in [1.82, 2.24) is 20.2 Å². The smallest absolute Gasteiger partial charge is 0.226 e. The molecule has 0 saturated heterocycles. The van der Waals surface area contributed by atoms with Gasteiger partial charge in [-0.2, -0.15) is 10.4 Å². The third kappa shape index (κ3) is 2.29. The SMILES string of the molecule is C=C1[C@@H]2CC[C@@]1(c1nc(C#N)ncc1Cl)c1nnc(-c3c(F)cccc3F)cc12. The second kappa shape index (κ2) is 6.13. The Bertz CT molecular complexity index is 1230. The van der Waals surface area contributed by atoms with Crippen LogP contribution in [-0.2, 0) is 5.41 Å². The first-order valence-corrected chi connectivity index (χ1v) is 9.30. The molecule has 2 aliphatic rings. The predicted octanol–water partition coefficient (Wildman–Crippen LogP) is 4.47. The van der Waals surface area contributed by atoms with Crippen LogP contribution in [-0.4, -0.2) is 20.2 Å². The molecular weight excluding hydrogens is 396 g/mol. The number of allylic oxidation sites excluding steroid dienone is 1. The summed E-state index contributed by atoms with van der Waals surface area (Å²) in [6.07, 6.45) is 2.82. The van der Waals surface area contributed by atoms with E-state index in [2.05, 4.69) is 26.7 Å². The van der Waals surface area contributed by atoms with Gasteiger partial charge < -0.3 is 0 Å². The van der Waals surface area contributed by atoms with Crippen molar-refractivity contribution in [2.45, 2.75) is 24.2 Å². The maximum absolute atomic E-state index is 14.2. The molecule has 0 aliphatic heterocycles. The van der Waals surface area contributed by atoms with E-state index in [0.717, 1.165) is 17.6 Å². The molecule has 142 valence electrons. The quantitative estimate of drug-likeness (QED) is 0.586. The monoisotopic (exact) mass is 407 g/mol. The lowest BCUT2D eigenvalue weighted by Crippen LogP contribution is -2.28. The van der Waals surface area contributed by atoms with Gasteiger partial charge in [0.25, 0.3) is 0 Å². The molecule has 2 heterocycles. The van der Waals surface area contributed by atoms with Crippen molar-refractivity contribution in [3.05, 3.63) is 82.0 Å². The molecule has 5 nitrogen and oxygen atoms in total. The molecule has 0 amide bonds. The molecule has 8 heteroatoms.